The maximum Gasteiger partial charge on any atom is 0.239 e. The number of para-hydroxylation sites is 1. The molecule has 1 aliphatic heterocycles. The highest BCUT2D eigenvalue weighted by molar-refractivity contribution is 6.51. The fraction of sp³-hybridized carbons (Fsp3) is 0.0952. The molecule has 2 aromatic carbocycles. The Morgan fingerprint density at radius 2 is 1.81 bits per heavy atom. The predicted octanol–water partition coefficient (Wildman–Crippen LogP) is 4.03. The molecular weight excluding hydrogens is 362 g/mol. The van der Waals surface area contributed by atoms with E-state index in [0.29, 0.717) is 23.5 Å². The van der Waals surface area contributed by atoms with Crippen molar-refractivity contribution in [1.82, 2.24) is 4.57 Å². The van der Waals surface area contributed by atoms with Gasteiger partial charge in [-0.3, -0.25) is 9.59 Å². The zero-order valence-electron chi connectivity index (χ0n) is 14.4. The highest BCUT2D eigenvalue weighted by Gasteiger charge is 2.22. The van der Waals surface area contributed by atoms with Gasteiger partial charge < -0.3 is 9.88 Å². The second-order valence-corrected chi connectivity index (χ2v) is 6.47. The van der Waals surface area contributed by atoms with Crippen molar-refractivity contribution in [3.8, 4) is 0 Å². The van der Waals surface area contributed by atoms with Crippen LogP contribution in [-0.4, -0.2) is 27.8 Å². The van der Waals surface area contributed by atoms with Crippen LogP contribution in [0.3, 0.4) is 0 Å². The molecule has 134 valence electrons. The van der Waals surface area contributed by atoms with Gasteiger partial charge in [0.1, 0.15) is 11.6 Å². The predicted molar refractivity (Wildman–Crippen MR) is 106 cm³/mol. The van der Waals surface area contributed by atoms with Crippen LogP contribution in [0.5, 0.6) is 0 Å². The van der Waals surface area contributed by atoms with Crippen molar-refractivity contribution in [2.24, 2.45) is 4.99 Å². The number of fused-ring (bicyclic) bond motifs is 2. The topological polar surface area (TPSA) is 63.5 Å². The molecule has 0 fully saturated rings. The summed E-state index contributed by atoms with van der Waals surface area (Å²) in [5.74, 6) is -0.575. The number of halogens is 1. The lowest BCUT2D eigenvalue weighted by atomic mass is 10.0. The number of carbonyl (C=O) groups excluding carboxylic acids is 2. The molecule has 4 rings (SSSR count). The van der Waals surface area contributed by atoms with Gasteiger partial charge in [0.2, 0.25) is 11.7 Å². The Morgan fingerprint density at radius 1 is 1.04 bits per heavy atom. The molecular formula is C21H16ClN3O2. The second kappa shape index (κ2) is 7.21. The molecule has 0 spiro atoms. The van der Waals surface area contributed by atoms with Crippen LogP contribution in [0.25, 0.3) is 0 Å². The van der Waals surface area contributed by atoms with E-state index >= 15 is 0 Å². The largest absolute Gasteiger partial charge is 0.342 e. The Kier molecular flexibility index (Phi) is 4.60. The molecule has 1 amide bonds. The van der Waals surface area contributed by atoms with Gasteiger partial charge in [-0.2, -0.15) is 0 Å². The monoisotopic (exact) mass is 377 g/mol. The molecule has 0 unspecified atom stereocenters. The van der Waals surface area contributed by atoms with Crippen molar-refractivity contribution < 1.29 is 9.59 Å². The number of rotatable bonds is 4. The van der Waals surface area contributed by atoms with Crippen LogP contribution in [0.1, 0.15) is 21.6 Å². The van der Waals surface area contributed by atoms with Crippen molar-refractivity contribution in [3.63, 3.8) is 0 Å². The molecule has 0 radical (unpaired) electrons. The maximum atomic E-state index is 13.2. The molecule has 0 bridgehead atoms. The molecule has 5 nitrogen and oxygen atoms in total. The number of hydrogen-bond donors (Lipinski definition) is 1. The Hall–Kier alpha value is -3.18. The highest BCUT2D eigenvalue weighted by Crippen LogP contribution is 2.26. The molecule has 6 heteroatoms. The number of hydrogen-bond acceptors (Lipinski definition) is 3. The number of nitrogens with zero attached hydrogens (tertiary/aromatic N) is 2. The normalized spacial score (nSPS) is 12.4. The summed E-state index contributed by atoms with van der Waals surface area (Å²) in [6.07, 6.45) is 1.95. The zero-order chi connectivity index (χ0) is 18.8. The Balaban J connectivity index is 1.71. The minimum atomic E-state index is -0.293. The first-order valence-corrected chi connectivity index (χ1v) is 9.02. The van der Waals surface area contributed by atoms with E-state index in [1.165, 1.54) is 0 Å². The van der Waals surface area contributed by atoms with E-state index in [9.17, 15) is 9.59 Å². The molecule has 2 heterocycles. The quantitative estimate of drug-likeness (QED) is 0.551. The van der Waals surface area contributed by atoms with Gasteiger partial charge in [0, 0.05) is 24.0 Å². The fourth-order valence-corrected chi connectivity index (χ4v) is 3.15. The molecule has 0 saturated heterocycles. The number of ketones is 1. The molecule has 0 saturated carbocycles. The lowest BCUT2D eigenvalue weighted by Gasteiger charge is -2.08. The number of aliphatic imine (C=N–C) groups is 1. The lowest BCUT2D eigenvalue weighted by molar-refractivity contribution is -0.113. The number of amides is 1. The fourth-order valence-electron chi connectivity index (χ4n) is 3.08. The van der Waals surface area contributed by atoms with Gasteiger partial charge in [-0.15, -0.1) is 11.6 Å². The van der Waals surface area contributed by atoms with Gasteiger partial charge >= 0.3 is 0 Å². The van der Waals surface area contributed by atoms with Crippen molar-refractivity contribution in [3.05, 3.63) is 83.7 Å². The Labute approximate surface area is 161 Å². The van der Waals surface area contributed by atoms with E-state index in [1.807, 2.05) is 47.2 Å². The van der Waals surface area contributed by atoms with E-state index < -0.39 is 0 Å². The number of nitrogens with one attached hydrogen (secondary N) is 1. The minimum Gasteiger partial charge on any atom is -0.342 e. The van der Waals surface area contributed by atoms with Gasteiger partial charge in [-0.1, -0.05) is 18.2 Å². The average Bonchev–Trinajstić information content (AvgIpc) is 3.09. The van der Waals surface area contributed by atoms with Crippen LogP contribution in [0, 0.1) is 0 Å². The summed E-state index contributed by atoms with van der Waals surface area (Å²) >= 11 is 5.49. The molecule has 1 aromatic heterocycles. The van der Waals surface area contributed by atoms with Gasteiger partial charge in [-0.25, -0.2) is 4.99 Å². The van der Waals surface area contributed by atoms with E-state index in [0.717, 1.165) is 16.9 Å². The number of carbonyl (C=O) groups is 2. The molecule has 0 aliphatic carbocycles. The lowest BCUT2D eigenvalue weighted by Crippen LogP contribution is -2.19. The number of benzene rings is 2. The van der Waals surface area contributed by atoms with Crippen molar-refractivity contribution >= 4 is 40.4 Å². The number of alkyl halides is 1. The second-order valence-electron chi connectivity index (χ2n) is 6.20. The minimum absolute atomic E-state index is 0.117. The molecule has 1 N–H and O–H groups in total. The van der Waals surface area contributed by atoms with Crippen LogP contribution in [0.4, 0.5) is 11.4 Å². The van der Waals surface area contributed by atoms with Crippen LogP contribution in [0.15, 0.2) is 71.9 Å². The maximum absolute atomic E-state index is 13.2. The number of aromatic nitrogens is 1. The van der Waals surface area contributed by atoms with Crippen molar-refractivity contribution in [2.75, 3.05) is 11.2 Å². The van der Waals surface area contributed by atoms with E-state index in [2.05, 4.69) is 10.3 Å². The summed E-state index contributed by atoms with van der Waals surface area (Å²) in [4.78, 5) is 29.2. The average molecular weight is 378 g/mol. The molecule has 1 aliphatic rings. The summed E-state index contributed by atoms with van der Waals surface area (Å²) in [5, 5.41) is 2.66. The van der Waals surface area contributed by atoms with Crippen LogP contribution in [0.2, 0.25) is 0 Å². The van der Waals surface area contributed by atoms with Gasteiger partial charge in [0.15, 0.2) is 0 Å². The van der Waals surface area contributed by atoms with E-state index in [4.69, 9.17) is 11.6 Å². The van der Waals surface area contributed by atoms with Crippen LogP contribution in [-0.2, 0) is 11.3 Å². The van der Waals surface area contributed by atoms with Crippen LogP contribution >= 0.6 is 11.6 Å². The third-order valence-corrected chi connectivity index (χ3v) is 4.65. The first-order valence-electron chi connectivity index (χ1n) is 8.48. The van der Waals surface area contributed by atoms with Crippen molar-refractivity contribution in [1.29, 1.82) is 0 Å². The van der Waals surface area contributed by atoms with E-state index in [1.54, 1.807) is 24.3 Å². The van der Waals surface area contributed by atoms with Gasteiger partial charge in [0.05, 0.1) is 11.4 Å². The van der Waals surface area contributed by atoms with Gasteiger partial charge in [-0.05, 0) is 48.0 Å². The summed E-state index contributed by atoms with van der Waals surface area (Å²) < 4.78 is 2.03. The third-order valence-electron chi connectivity index (χ3n) is 4.40. The summed E-state index contributed by atoms with van der Waals surface area (Å²) in [5.41, 5.74) is 4.16. The van der Waals surface area contributed by atoms with Crippen molar-refractivity contribution in [2.45, 2.75) is 6.54 Å². The third kappa shape index (κ3) is 3.41. The molecule has 0 atom stereocenters. The van der Waals surface area contributed by atoms with Crippen LogP contribution < -0.4 is 5.32 Å². The summed E-state index contributed by atoms with van der Waals surface area (Å²) in [6.45, 7) is 0.669. The summed E-state index contributed by atoms with van der Waals surface area (Å²) in [6, 6.07) is 18.4. The molecule has 27 heavy (non-hydrogen) atoms. The summed E-state index contributed by atoms with van der Waals surface area (Å²) in [7, 11) is 0. The highest BCUT2D eigenvalue weighted by atomic mass is 35.5. The number of Topliss-reactive ketones (excluding diaryl/α,β-unsaturated/α-hetero) is 1. The van der Waals surface area contributed by atoms with E-state index in [-0.39, 0.29) is 17.6 Å². The smallest absolute Gasteiger partial charge is 0.239 e. The molecule has 3 aromatic rings. The first kappa shape index (κ1) is 17.2. The first-order chi connectivity index (χ1) is 13.2. The Bertz CT molecular complexity index is 1050. The zero-order valence-corrected chi connectivity index (χ0v) is 15.1. The SMILES string of the molecule is O=C(CCl)Nc1ccc(C(=O)C2=Nc3ccccc3Cn3cccc32)cc1. The van der Waals surface area contributed by atoms with Gasteiger partial charge in [0.25, 0.3) is 0 Å². The number of anilines is 1. The Morgan fingerprint density at radius 3 is 2.59 bits per heavy atom. The standard InChI is InChI=1S/C21H16ClN3O2/c22-12-19(26)23-16-9-7-14(8-10-16)21(27)20-18-6-3-11-25(18)13-15-4-1-2-5-17(15)24-20/h1-11H,12-13H2,(H,23,26).